The molecule has 0 amide bonds. The van der Waals surface area contributed by atoms with Crippen molar-refractivity contribution in [2.45, 2.75) is 32.8 Å². The van der Waals surface area contributed by atoms with Crippen LogP contribution in [-0.2, 0) is 6.42 Å². The summed E-state index contributed by atoms with van der Waals surface area (Å²) in [6.45, 7) is 3.96. The minimum Gasteiger partial charge on any atom is -0.393 e. The van der Waals surface area contributed by atoms with Gasteiger partial charge in [-0.25, -0.2) is 0 Å². The Bertz CT molecular complexity index is 215. The third-order valence-electron chi connectivity index (χ3n) is 1.76. The number of rotatable bonds is 3. The third-order valence-corrected chi connectivity index (χ3v) is 2.84. The van der Waals surface area contributed by atoms with Gasteiger partial charge in [0.15, 0.2) is 0 Å². The molecule has 0 aromatic carbocycles. The standard InChI is InChI=1S/C9H14OS/c1-7-5-6-11-9(7)4-3-8(2)10/h5-6,8,10H,3-4H2,1-2H3. The van der Waals surface area contributed by atoms with Crippen LogP contribution in [0.2, 0.25) is 0 Å². The van der Waals surface area contributed by atoms with Gasteiger partial charge in [0, 0.05) is 4.88 Å². The molecule has 0 saturated carbocycles. The lowest BCUT2D eigenvalue weighted by molar-refractivity contribution is 0.185. The first kappa shape index (κ1) is 8.75. The van der Waals surface area contributed by atoms with Gasteiger partial charge in [0.2, 0.25) is 0 Å². The summed E-state index contributed by atoms with van der Waals surface area (Å²) >= 11 is 1.78. The van der Waals surface area contributed by atoms with E-state index in [1.807, 2.05) is 6.92 Å². The smallest absolute Gasteiger partial charge is 0.0515 e. The summed E-state index contributed by atoms with van der Waals surface area (Å²) in [5, 5.41) is 11.2. The fraction of sp³-hybridized carbons (Fsp3) is 0.556. The maximum Gasteiger partial charge on any atom is 0.0515 e. The molecule has 2 heteroatoms. The molecular weight excluding hydrogens is 156 g/mol. The number of aliphatic hydroxyl groups is 1. The fourth-order valence-corrected chi connectivity index (χ4v) is 1.93. The predicted octanol–water partition coefficient (Wildman–Crippen LogP) is 2.37. The molecule has 1 heterocycles. The highest BCUT2D eigenvalue weighted by Crippen LogP contribution is 2.17. The zero-order chi connectivity index (χ0) is 8.27. The van der Waals surface area contributed by atoms with Crippen molar-refractivity contribution in [1.29, 1.82) is 0 Å². The summed E-state index contributed by atoms with van der Waals surface area (Å²) in [5.41, 5.74) is 1.36. The Morgan fingerprint density at radius 3 is 2.82 bits per heavy atom. The Hall–Kier alpha value is -0.340. The van der Waals surface area contributed by atoms with Crippen LogP contribution in [0.1, 0.15) is 23.8 Å². The van der Waals surface area contributed by atoms with E-state index in [1.54, 1.807) is 11.3 Å². The Kier molecular flexibility index (Phi) is 3.09. The van der Waals surface area contributed by atoms with E-state index in [1.165, 1.54) is 10.4 Å². The molecular formula is C9H14OS. The number of aliphatic hydroxyl groups excluding tert-OH is 1. The lowest BCUT2D eigenvalue weighted by atomic mass is 10.1. The van der Waals surface area contributed by atoms with Gasteiger partial charge in [-0.15, -0.1) is 11.3 Å². The molecule has 62 valence electrons. The van der Waals surface area contributed by atoms with E-state index >= 15 is 0 Å². The van der Waals surface area contributed by atoms with Crippen molar-refractivity contribution in [3.8, 4) is 0 Å². The van der Waals surface area contributed by atoms with Crippen molar-refractivity contribution in [1.82, 2.24) is 0 Å². The molecule has 0 aliphatic rings. The number of aryl methyl sites for hydroxylation is 2. The van der Waals surface area contributed by atoms with E-state index in [-0.39, 0.29) is 6.10 Å². The minimum absolute atomic E-state index is 0.170. The Morgan fingerprint density at radius 2 is 2.36 bits per heavy atom. The quantitative estimate of drug-likeness (QED) is 0.738. The highest BCUT2D eigenvalue weighted by Gasteiger charge is 2.01. The lowest BCUT2D eigenvalue weighted by Crippen LogP contribution is -2.00. The first-order chi connectivity index (χ1) is 5.20. The molecule has 1 rings (SSSR count). The van der Waals surface area contributed by atoms with Gasteiger partial charge in [-0.05, 0) is 43.7 Å². The topological polar surface area (TPSA) is 20.2 Å². The zero-order valence-corrected chi connectivity index (χ0v) is 7.82. The van der Waals surface area contributed by atoms with Crippen molar-refractivity contribution in [2.75, 3.05) is 0 Å². The zero-order valence-electron chi connectivity index (χ0n) is 7.00. The van der Waals surface area contributed by atoms with Crippen LogP contribution in [-0.4, -0.2) is 11.2 Å². The van der Waals surface area contributed by atoms with Gasteiger partial charge in [-0.2, -0.15) is 0 Å². The van der Waals surface area contributed by atoms with Crippen LogP contribution >= 0.6 is 11.3 Å². The molecule has 1 aromatic rings. The second-order valence-electron chi connectivity index (χ2n) is 2.91. The summed E-state index contributed by atoms with van der Waals surface area (Å²) in [4.78, 5) is 1.41. The largest absolute Gasteiger partial charge is 0.393 e. The molecule has 0 spiro atoms. The normalized spacial score (nSPS) is 13.4. The summed E-state index contributed by atoms with van der Waals surface area (Å²) in [6.07, 6.45) is 1.72. The average Bonchev–Trinajstić information content (AvgIpc) is 2.31. The molecule has 0 saturated heterocycles. The molecule has 0 radical (unpaired) electrons. The average molecular weight is 170 g/mol. The Labute approximate surface area is 71.7 Å². The Morgan fingerprint density at radius 1 is 1.64 bits per heavy atom. The van der Waals surface area contributed by atoms with E-state index < -0.39 is 0 Å². The van der Waals surface area contributed by atoms with Gasteiger partial charge in [0.25, 0.3) is 0 Å². The van der Waals surface area contributed by atoms with E-state index in [9.17, 15) is 0 Å². The van der Waals surface area contributed by atoms with Gasteiger partial charge < -0.3 is 5.11 Å². The third kappa shape index (κ3) is 2.64. The molecule has 11 heavy (non-hydrogen) atoms. The van der Waals surface area contributed by atoms with Gasteiger partial charge in [-0.3, -0.25) is 0 Å². The number of hydrogen-bond donors (Lipinski definition) is 1. The highest BCUT2D eigenvalue weighted by molar-refractivity contribution is 7.10. The molecule has 1 nitrogen and oxygen atoms in total. The van der Waals surface area contributed by atoms with Crippen LogP contribution in [0, 0.1) is 6.92 Å². The van der Waals surface area contributed by atoms with Crippen LogP contribution in [0.15, 0.2) is 11.4 Å². The maximum atomic E-state index is 9.05. The first-order valence-corrected chi connectivity index (χ1v) is 4.79. The molecule has 1 aromatic heterocycles. The molecule has 0 aliphatic heterocycles. The molecule has 0 aliphatic carbocycles. The van der Waals surface area contributed by atoms with Crippen LogP contribution < -0.4 is 0 Å². The minimum atomic E-state index is -0.170. The van der Waals surface area contributed by atoms with E-state index in [4.69, 9.17) is 5.11 Å². The van der Waals surface area contributed by atoms with Gasteiger partial charge in [0.1, 0.15) is 0 Å². The fourth-order valence-electron chi connectivity index (χ4n) is 1.00. The second kappa shape index (κ2) is 3.88. The lowest BCUT2D eigenvalue weighted by Gasteiger charge is -2.02. The second-order valence-corrected chi connectivity index (χ2v) is 3.92. The summed E-state index contributed by atoms with van der Waals surface area (Å²) in [5.74, 6) is 0. The van der Waals surface area contributed by atoms with Crippen LogP contribution in [0.25, 0.3) is 0 Å². The van der Waals surface area contributed by atoms with Crippen molar-refractivity contribution in [3.63, 3.8) is 0 Å². The van der Waals surface area contributed by atoms with E-state index in [2.05, 4.69) is 18.4 Å². The van der Waals surface area contributed by atoms with Crippen molar-refractivity contribution < 1.29 is 5.11 Å². The first-order valence-electron chi connectivity index (χ1n) is 3.91. The monoisotopic (exact) mass is 170 g/mol. The molecule has 0 fully saturated rings. The number of thiophene rings is 1. The summed E-state index contributed by atoms with van der Waals surface area (Å²) in [7, 11) is 0. The SMILES string of the molecule is Cc1ccsc1CCC(C)O. The van der Waals surface area contributed by atoms with Crippen molar-refractivity contribution in [3.05, 3.63) is 21.9 Å². The number of hydrogen-bond acceptors (Lipinski definition) is 2. The molecule has 1 N–H and O–H groups in total. The molecule has 0 bridgehead atoms. The van der Waals surface area contributed by atoms with Crippen LogP contribution in [0.5, 0.6) is 0 Å². The van der Waals surface area contributed by atoms with E-state index in [0.717, 1.165) is 12.8 Å². The summed E-state index contributed by atoms with van der Waals surface area (Å²) in [6, 6.07) is 2.13. The maximum absolute atomic E-state index is 9.05. The molecule has 1 atom stereocenters. The molecule has 1 unspecified atom stereocenters. The summed E-state index contributed by atoms with van der Waals surface area (Å²) < 4.78 is 0. The van der Waals surface area contributed by atoms with Crippen molar-refractivity contribution >= 4 is 11.3 Å². The van der Waals surface area contributed by atoms with Crippen LogP contribution in [0.3, 0.4) is 0 Å². The van der Waals surface area contributed by atoms with Gasteiger partial charge in [-0.1, -0.05) is 0 Å². The van der Waals surface area contributed by atoms with Gasteiger partial charge >= 0.3 is 0 Å². The Balaban J connectivity index is 2.44. The van der Waals surface area contributed by atoms with Crippen LogP contribution in [0.4, 0.5) is 0 Å². The van der Waals surface area contributed by atoms with Crippen molar-refractivity contribution in [2.24, 2.45) is 0 Å². The van der Waals surface area contributed by atoms with Gasteiger partial charge in [0.05, 0.1) is 6.10 Å². The highest BCUT2D eigenvalue weighted by atomic mass is 32.1. The predicted molar refractivity (Wildman–Crippen MR) is 49.1 cm³/mol. The van der Waals surface area contributed by atoms with E-state index in [0.29, 0.717) is 0 Å².